The van der Waals surface area contributed by atoms with Gasteiger partial charge in [-0.3, -0.25) is 9.59 Å². The Morgan fingerprint density at radius 3 is 1.30 bits per heavy atom. The van der Waals surface area contributed by atoms with Gasteiger partial charge in [0.1, 0.15) is 0 Å². The van der Waals surface area contributed by atoms with Gasteiger partial charge in [-0.1, -0.05) is 49.2 Å². The molecule has 8 nitrogen and oxygen atoms in total. The fourth-order valence-electron chi connectivity index (χ4n) is 3.69. The predicted octanol–water partition coefficient (Wildman–Crippen LogP) is -0.115. The molecule has 0 unspecified atom stereocenters. The van der Waals surface area contributed by atoms with Crippen LogP contribution >= 0.6 is 0 Å². The van der Waals surface area contributed by atoms with Crippen LogP contribution in [0.5, 0.6) is 0 Å². The average molecular weight is 408 g/mol. The number of amides is 2. The summed E-state index contributed by atoms with van der Waals surface area (Å²) in [7, 11) is 0. The lowest BCUT2D eigenvalue weighted by atomic mass is 9.89. The van der Waals surface area contributed by atoms with E-state index in [-0.39, 0.29) is 22.3 Å². The molecule has 0 aliphatic heterocycles. The minimum Gasteiger partial charge on any atom is -0.545 e. The van der Waals surface area contributed by atoms with Crippen LogP contribution in [0, 0.1) is 0 Å². The standard InChI is InChI=1S/C22H22N2O6/c25-19(13-7-1-3-9-15(13)21(27)28)23-17-11-5-6-12-18(17)24-20(26)14-8-2-4-10-16(14)22(29)30/h1-4,7-10,17-18H,5-6,11-12H2,(H,23,25)(H,24,26)(H,27,28)(H,29,30)/p-2/t17-,18+. The second-order valence-corrected chi connectivity index (χ2v) is 7.11. The quantitative estimate of drug-likeness (QED) is 0.684. The van der Waals surface area contributed by atoms with E-state index >= 15 is 0 Å². The number of carboxylic acids is 2. The number of carbonyl (C=O) groups excluding carboxylic acids is 4. The lowest BCUT2D eigenvalue weighted by Gasteiger charge is -2.33. The highest BCUT2D eigenvalue weighted by molar-refractivity contribution is 6.05. The van der Waals surface area contributed by atoms with Gasteiger partial charge in [0.15, 0.2) is 0 Å². The summed E-state index contributed by atoms with van der Waals surface area (Å²) in [5, 5.41) is 28.1. The number of hydrogen-bond acceptors (Lipinski definition) is 6. The van der Waals surface area contributed by atoms with E-state index in [9.17, 15) is 29.4 Å². The van der Waals surface area contributed by atoms with Gasteiger partial charge in [0.2, 0.25) is 0 Å². The highest BCUT2D eigenvalue weighted by Gasteiger charge is 2.29. The molecular weight excluding hydrogens is 388 g/mol. The van der Waals surface area contributed by atoms with Crippen LogP contribution in [-0.2, 0) is 0 Å². The van der Waals surface area contributed by atoms with Gasteiger partial charge in [-0.2, -0.15) is 0 Å². The minimum absolute atomic E-state index is 0.0181. The third kappa shape index (κ3) is 4.65. The van der Waals surface area contributed by atoms with E-state index in [0.717, 1.165) is 12.8 Å². The summed E-state index contributed by atoms with van der Waals surface area (Å²) >= 11 is 0. The Hall–Kier alpha value is -3.68. The molecule has 156 valence electrons. The molecule has 0 aromatic heterocycles. The monoisotopic (exact) mass is 408 g/mol. The van der Waals surface area contributed by atoms with E-state index in [0.29, 0.717) is 12.8 Å². The van der Waals surface area contributed by atoms with Gasteiger partial charge in [0.05, 0.1) is 11.9 Å². The first kappa shape index (κ1) is 21.0. The zero-order valence-corrected chi connectivity index (χ0v) is 16.1. The van der Waals surface area contributed by atoms with E-state index in [4.69, 9.17) is 0 Å². The normalized spacial score (nSPS) is 18.3. The molecule has 1 fully saturated rings. The van der Waals surface area contributed by atoms with Crippen molar-refractivity contribution in [2.45, 2.75) is 37.8 Å². The van der Waals surface area contributed by atoms with Crippen molar-refractivity contribution >= 4 is 23.8 Å². The van der Waals surface area contributed by atoms with Crippen molar-refractivity contribution in [2.75, 3.05) is 0 Å². The number of carbonyl (C=O) groups is 4. The average Bonchev–Trinajstić information content (AvgIpc) is 2.75. The van der Waals surface area contributed by atoms with Crippen LogP contribution in [0.4, 0.5) is 0 Å². The molecule has 1 saturated carbocycles. The van der Waals surface area contributed by atoms with Crippen LogP contribution in [0.3, 0.4) is 0 Å². The molecule has 2 aromatic carbocycles. The van der Waals surface area contributed by atoms with Crippen molar-refractivity contribution in [1.29, 1.82) is 0 Å². The van der Waals surface area contributed by atoms with Crippen molar-refractivity contribution in [3.05, 3.63) is 70.8 Å². The Labute approximate surface area is 172 Å². The van der Waals surface area contributed by atoms with Crippen LogP contribution in [0.1, 0.15) is 67.1 Å². The SMILES string of the molecule is O=C([O-])c1ccccc1C(=O)N[C@H]1CCCC[C@H]1NC(=O)c1ccccc1C(=O)[O-]. The Morgan fingerprint density at radius 2 is 0.967 bits per heavy atom. The maximum absolute atomic E-state index is 12.7. The van der Waals surface area contributed by atoms with E-state index < -0.39 is 35.8 Å². The number of hydrogen-bond donors (Lipinski definition) is 2. The zero-order chi connectivity index (χ0) is 21.7. The van der Waals surface area contributed by atoms with Crippen LogP contribution in [0.25, 0.3) is 0 Å². The van der Waals surface area contributed by atoms with E-state index in [1.807, 2.05) is 0 Å². The van der Waals surface area contributed by atoms with Gasteiger partial charge in [0, 0.05) is 34.3 Å². The fourth-order valence-corrected chi connectivity index (χ4v) is 3.69. The third-order valence-corrected chi connectivity index (χ3v) is 5.18. The minimum atomic E-state index is -1.45. The van der Waals surface area contributed by atoms with Gasteiger partial charge < -0.3 is 30.4 Å². The van der Waals surface area contributed by atoms with E-state index in [2.05, 4.69) is 10.6 Å². The second kappa shape index (κ2) is 9.21. The van der Waals surface area contributed by atoms with Gasteiger partial charge in [-0.15, -0.1) is 0 Å². The largest absolute Gasteiger partial charge is 0.545 e. The maximum atomic E-state index is 12.7. The Balaban J connectivity index is 1.76. The molecule has 0 bridgehead atoms. The molecule has 1 aliphatic rings. The second-order valence-electron chi connectivity index (χ2n) is 7.11. The molecule has 8 heteroatoms. The number of nitrogens with one attached hydrogen (secondary N) is 2. The highest BCUT2D eigenvalue weighted by atomic mass is 16.4. The smallest absolute Gasteiger partial charge is 0.252 e. The van der Waals surface area contributed by atoms with Crippen LogP contribution in [0.2, 0.25) is 0 Å². The first-order valence-corrected chi connectivity index (χ1v) is 9.61. The van der Waals surface area contributed by atoms with E-state index in [1.54, 1.807) is 12.1 Å². The molecule has 2 N–H and O–H groups in total. The molecule has 0 saturated heterocycles. The van der Waals surface area contributed by atoms with Gasteiger partial charge in [0.25, 0.3) is 11.8 Å². The lowest BCUT2D eigenvalue weighted by Crippen LogP contribution is -2.53. The summed E-state index contributed by atoms with van der Waals surface area (Å²) in [5.74, 6) is -4.05. The number of carboxylic acid groups (broad SMARTS) is 2. The van der Waals surface area contributed by atoms with E-state index in [1.165, 1.54) is 36.4 Å². The third-order valence-electron chi connectivity index (χ3n) is 5.18. The Morgan fingerprint density at radius 1 is 0.633 bits per heavy atom. The van der Waals surface area contributed by atoms with Crippen molar-refractivity contribution in [3.63, 3.8) is 0 Å². The first-order chi connectivity index (χ1) is 14.4. The summed E-state index contributed by atoms with van der Waals surface area (Å²) in [6.45, 7) is 0. The van der Waals surface area contributed by atoms with Crippen molar-refractivity contribution < 1.29 is 29.4 Å². The predicted molar refractivity (Wildman–Crippen MR) is 103 cm³/mol. The number of aromatic carboxylic acids is 2. The summed E-state index contributed by atoms with van der Waals surface area (Å²) in [6.07, 6.45) is 2.84. The molecular formula is C22H20N2O6-2. The molecule has 30 heavy (non-hydrogen) atoms. The number of benzene rings is 2. The van der Waals surface area contributed by atoms with Crippen LogP contribution in [-0.4, -0.2) is 35.8 Å². The molecule has 2 aromatic rings. The van der Waals surface area contributed by atoms with Crippen LogP contribution in [0.15, 0.2) is 48.5 Å². The number of rotatable bonds is 6. The van der Waals surface area contributed by atoms with Gasteiger partial charge in [-0.05, 0) is 25.0 Å². The van der Waals surface area contributed by atoms with Crippen molar-refractivity contribution in [2.24, 2.45) is 0 Å². The Bertz CT molecular complexity index is 908. The summed E-state index contributed by atoms with van der Waals surface area (Å²) in [5.41, 5.74) is -0.463. The molecule has 0 heterocycles. The van der Waals surface area contributed by atoms with Crippen molar-refractivity contribution in [1.82, 2.24) is 10.6 Å². The molecule has 3 rings (SSSR count). The summed E-state index contributed by atoms with van der Waals surface area (Å²) in [4.78, 5) is 47.9. The first-order valence-electron chi connectivity index (χ1n) is 9.61. The zero-order valence-electron chi connectivity index (χ0n) is 16.1. The Kier molecular flexibility index (Phi) is 6.46. The summed E-state index contributed by atoms with van der Waals surface area (Å²) < 4.78 is 0. The maximum Gasteiger partial charge on any atom is 0.252 e. The highest BCUT2D eigenvalue weighted by Crippen LogP contribution is 2.21. The fraction of sp³-hybridized carbons (Fsp3) is 0.273. The van der Waals surface area contributed by atoms with Gasteiger partial charge >= 0.3 is 0 Å². The lowest BCUT2D eigenvalue weighted by molar-refractivity contribution is -0.256. The van der Waals surface area contributed by atoms with Crippen LogP contribution < -0.4 is 20.8 Å². The molecule has 0 spiro atoms. The van der Waals surface area contributed by atoms with Gasteiger partial charge in [-0.25, -0.2) is 0 Å². The molecule has 2 amide bonds. The topological polar surface area (TPSA) is 138 Å². The molecule has 0 radical (unpaired) electrons. The molecule has 1 aliphatic carbocycles. The van der Waals surface area contributed by atoms with Crippen molar-refractivity contribution in [3.8, 4) is 0 Å². The molecule has 2 atom stereocenters. The summed E-state index contributed by atoms with van der Waals surface area (Å²) in [6, 6.07) is 10.6.